The monoisotopic (exact) mass is 471 g/mol. The predicted octanol–water partition coefficient (Wildman–Crippen LogP) is 5.19. The lowest BCUT2D eigenvalue weighted by molar-refractivity contribution is -0.155. The van der Waals surface area contributed by atoms with Crippen LogP contribution in [0.25, 0.3) is 21.3 Å². The van der Waals surface area contributed by atoms with Crippen LogP contribution in [0.2, 0.25) is 0 Å². The highest BCUT2D eigenvalue weighted by Gasteiger charge is 2.55. The lowest BCUT2D eigenvalue weighted by atomic mass is 9.50. The molecule has 1 amide bonds. The van der Waals surface area contributed by atoms with Crippen LogP contribution in [0.3, 0.4) is 0 Å². The minimum Gasteiger partial charge on any atom is -0.481 e. The molecule has 34 heavy (non-hydrogen) atoms. The quantitative estimate of drug-likeness (QED) is 0.406. The van der Waals surface area contributed by atoms with Crippen LogP contribution in [-0.4, -0.2) is 32.6 Å². The van der Waals surface area contributed by atoms with Gasteiger partial charge in [0.1, 0.15) is 0 Å². The number of carbonyl (C=O) groups excluding carboxylic acids is 1. The molecule has 2 aliphatic carbocycles. The Kier molecular flexibility index (Phi) is 5.03. The number of aliphatic carboxylic acids is 1. The maximum atomic E-state index is 13.1. The van der Waals surface area contributed by atoms with E-state index in [2.05, 4.69) is 45.2 Å². The molecule has 2 saturated carbocycles. The largest absolute Gasteiger partial charge is 0.481 e. The molecule has 4 aromatic rings. The third kappa shape index (κ3) is 3.70. The number of pyridine rings is 1. The van der Waals surface area contributed by atoms with Gasteiger partial charge in [0.15, 0.2) is 0 Å². The summed E-state index contributed by atoms with van der Waals surface area (Å²) in [5.74, 6) is -0.923. The fraction of sp³-hybridized carbons (Fsp3) is 0.296. The zero-order chi connectivity index (χ0) is 23.3. The van der Waals surface area contributed by atoms with Crippen LogP contribution >= 0.6 is 11.3 Å². The molecule has 0 unspecified atom stereocenters. The lowest BCUT2D eigenvalue weighted by Crippen LogP contribution is -2.57. The predicted molar refractivity (Wildman–Crippen MR) is 132 cm³/mol. The number of hydrogen-bond donors (Lipinski definition) is 2. The Bertz CT molecular complexity index is 1360. The summed E-state index contributed by atoms with van der Waals surface area (Å²) in [6.07, 6.45) is 8.96. The number of aromatic nitrogens is 2. The van der Waals surface area contributed by atoms with Crippen molar-refractivity contribution in [2.24, 2.45) is 11.3 Å². The minimum absolute atomic E-state index is 0.0351. The Balaban J connectivity index is 1.14. The molecule has 0 atom stereocenters. The Morgan fingerprint density at radius 3 is 2.59 bits per heavy atom. The molecule has 0 saturated heterocycles. The van der Waals surface area contributed by atoms with Crippen molar-refractivity contribution in [3.63, 3.8) is 0 Å². The summed E-state index contributed by atoms with van der Waals surface area (Å²) in [6.45, 7) is 0.691. The zero-order valence-corrected chi connectivity index (χ0v) is 19.4. The molecule has 0 aliphatic heterocycles. The van der Waals surface area contributed by atoms with Gasteiger partial charge in [-0.1, -0.05) is 30.3 Å². The van der Waals surface area contributed by atoms with E-state index in [0.717, 1.165) is 52.6 Å². The highest BCUT2D eigenvalue weighted by molar-refractivity contribution is 7.17. The third-order valence-electron chi connectivity index (χ3n) is 7.43. The van der Waals surface area contributed by atoms with Crippen molar-refractivity contribution >= 4 is 33.4 Å². The van der Waals surface area contributed by atoms with Crippen molar-refractivity contribution in [3.05, 3.63) is 77.6 Å². The summed E-state index contributed by atoms with van der Waals surface area (Å²) in [6, 6.07) is 14.7. The molecule has 6 rings (SSSR count). The fourth-order valence-corrected chi connectivity index (χ4v) is 6.63. The van der Waals surface area contributed by atoms with Crippen LogP contribution in [0.4, 0.5) is 0 Å². The van der Waals surface area contributed by atoms with Gasteiger partial charge < -0.3 is 15.0 Å². The topological polar surface area (TPSA) is 84.2 Å². The molecular weight excluding hydrogens is 446 g/mol. The second kappa shape index (κ2) is 8.09. The van der Waals surface area contributed by atoms with Gasteiger partial charge in [0.2, 0.25) is 0 Å². The molecule has 3 aromatic heterocycles. The minimum atomic E-state index is -0.689. The molecule has 6 nitrogen and oxygen atoms in total. The number of nitrogens with one attached hydrogen (secondary N) is 1. The number of carboxylic acids is 1. The smallest absolute Gasteiger partial charge is 0.306 e. The zero-order valence-electron chi connectivity index (χ0n) is 18.6. The van der Waals surface area contributed by atoms with Gasteiger partial charge in [-0.3, -0.25) is 14.6 Å². The number of thiophene rings is 1. The summed E-state index contributed by atoms with van der Waals surface area (Å²) in [5, 5.41) is 14.3. The fourth-order valence-electron chi connectivity index (χ4n) is 5.68. The van der Waals surface area contributed by atoms with Gasteiger partial charge >= 0.3 is 5.97 Å². The Morgan fingerprint density at radius 2 is 1.88 bits per heavy atom. The standard InChI is InChI=1S/C27H25N3O3S/c31-25(29-21-12-27(13-21)10-20(11-27)26(32)33)22-16-34-23-7-9-30(24(22)23)15-17-3-5-18(6-4-17)19-2-1-8-28-14-19/h1-9,14,16,20-21H,10-13,15H2,(H,29,31)(H,32,33). The molecule has 2 fully saturated rings. The van der Waals surface area contributed by atoms with E-state index in [-0.39, 0.29) is 23.3 Å². The number of amides is 1. The molecule has 1 spiro atoms. The van der Waals surface area contributed by atoms with E-state index in [1.54, 1.807) is 17.5 Å². The number of carboxylic acid groups (broad SMARTS) is 1. The molecule has 2 aliphatic rings. The first-order valence-corrected chi connectivity index (χ1v) is 12.5. The molecule has 1 aromatic carbocycles. The van der Waals surface area contributed by atoms with E-state index in [0.29, 0.717) is 6.54 Å². The average Bonchev–Trinajstić information content (AvgIpc) is 3.38. The molecule has 3 heterocycles. The van der Waals surface area contributed by atoms with Gasteiger partial charge in [0.05, 0.1) is 21.7 Å². The second-order valence-electron chi connectivity index (χ2n) is 9.77. The molecule has 0 bridgehead atoms. The first-order chi connectivity index (χ1) is 16.5. The Hall–Kier alpha value is -3.45. The number of rotatable bonds is 6. The van der Waals surface area contributed by atoms with Gasteiger partial charge in [-0.05, 0) is 59.9 Å². The number of carbonyl (C=O) groups is 2. The van der Waals surface area contributed by atoms with Gasteiger partial charge in [-0.2, -0.15) is 0 Å². The van der Waals surface area contributed by atoms with Gasteiger partial charge in [-0.25, -0.2) is 0 Å². The first-order valence-electron chi connectivity index (χ1n) is 11.6. The van der Waals surface area contributed by atoms with Gasteiger partial charge in [0, 0.05) is 36.6 Å². The summed E-state index contributed by atoms with van der Waals surface area (Å²) < 4.78 is 3.25. The van der Waals surface area contributed by atoms with Crippen molar-refractivity contribution in [3.8, 4) is 11.1 Å². The normalized spacial score (nSPS) is 23.4. The molecule has 2 N–H and O–H groups in total. The van der Waals surface area contributed by atoms with Crippen molar-refractivity contribution in [1.29, 1.82) is 0 Å². The Labute approximate surface area is 201 Å². The third-order valence-corrected chi connectivity index (χ3v) is 8.37. The highest BCUT2D eigenvalue weighted by Crippen LogP contribution is 2.58. The van der Waals surface area contributed by atoms with E-state index in [1.807, 2.05) is 29.9 Å². The molecule has 172 valence electrons. The van der Waals surface area contributed by atoms with E-state index >= 15 is 0 Å². The van der Waals surface area contributed by atoms with E-state index in [4.69, 9.17) is 5.11 Å². The van der Waals surface area contributed by atoms with E-state index in [9.17, 15) is 9.59 Å². The van der Waals surface area contributed by atoms with Crippen LogP contribution in [0, 0.1) is 11.3 Å². The summed E-state index contributed by atoms with van der Waals surface area (Å²) in [4.78, 5) is 28.4. The second-order valence-corrected chi connectivity index (χ2v) is 10.7. The number of nitrogens with zero attached hydrogens (tertiary/aromatic N) is 2. The van der Waals surface area contributed by atoms with Crippen LogP contribution < -0.4 is 5.32 Å². The van der Waals surface area contributed by atoms with E-state index in [1.165, 1.54) is 5.56 Å². The molecular formula is C27H25N3O3S. The molecule has 7 heteroatoms. The maximum Gasteiger partial charge on any atom is 0.306 e. The van der Waals surface area contributed by atoms with Crippen molar-refractivity contribution in [2.45, 2.75) is 38.3 Å². The molecule has 0 radical (unpaired) electrons. The van der Waals surface area contributed by atoms with Crippen LogP contribution in [0.5, 0.6) is 0 Å². The van der Waals surface area contributed by atoms with Crippen LogP contribution in [0.1, 0.15) is 41.6 Å². The van der Waals surface area contributed by atoms with E-state index < -0.39 is 5.97 Å². The Morgan fingerprint density at radius 1 is 1.09 bits per heavy atom. The highest BCUT2D eigenvalue weighted by atomic mass is 32.1. The SMILES string of the molecule is O=C(NC1CC2(C1)CC(C(=O)O)C2)c1csc2ccn(Cc3ccc(-c4cccnc4)cc3)c12. The average molecular weight is 472 g/mol. The maximum absolute atomic E-state index is 13.1. The lowest BCUT2D eigenvalue weighted by Gasteiger charge is -2.56. The number of benzene rings is 1. The number of hydrogen-bond acceptors (Lipinski definition) is 4. The number of fused-ring (bicyclic) bond motifs is 1. The van der Waals surface area contributed by atoms with Crippen LogP contribution in [-0.2, 0) is 11.3 Å². The van der Waals surface area contributed by atoms with Crippen LogP contribution in [0.15, 0.2) is 66.4 Å². The van der Waals surface area contributed by atoms with Crippen molar-refractivity contribution in [2.75, 3.05) is 0 Å². The van der Waals surface area contributed by atoms with Gasteiger partial charge in [-0.15, -0.1) is 11.3 Å². The van der Waals surface area contributed by atoms with Crippen molar-refractivity contribution < 1.29 is 14.7 Å². The first kappa shape index (κ1) is 21.1. The summed E-state index contributed by atoms with van der Waals surface area (Å²) in [7, 11) is 0. The van der Waals surface area contributed by atoms with Gasteiger partial charge in [0.25, 0.3) is 5.91 Å². The summed E-state index contributed by atoms with van der Waals surface area (Å²) in [5.41, 5.74) is 5.23. The van der Waals surface area contributed by atoms with Crippen molar-refractivity contribution in [1.82, 2.24) is 14.9 Å². The summed E-state index contributed by atoms with van der Waals surface area (Å²) >= 11 is 1.59.